The van der Waals surface area contributed by atoms with Crippen LogP contribution in [0.5, 0.6) is 0 Å². The summed E-state index contributed by atoms with van der Waals surface area (Å²) in [6.07, 6.45) is -1.33. The number of aliphatic hydroxyl groups is 2. The summed E-state index contributed by atoms with van der Waals surface area (Å²) in [5.41, 5.74) is 0.438. The monoisotopic (exact) mass is 383 g/mol. The Morgan fingerprint density at radius 3 is 2.52 bits per heavy atom. The molecule has 130 valence electrons. The van der Waals surface area contributed by atoms with E-state index >= 15 is 0 Å². The zero-order valence-electron chi connectivity index (χ0n) is 12.4. The fourth-order valence-corrected chi connectivity index (χ4v) is 6.66. The Labute approximate surface area is 140 Å². The molecule has 1 aliphatic heterocycles. The van der Waals surface area contributed by atoms with Crippen LogP contribution >= 0.6 is 11.6 Å². The number of sulfone groups is 1. The van der Waals surface area contributed by atoms with Crippen molar-refractivity contribution >= 4 is 31.5 Å². The first kappa shape index (κ1) is 18.6. The predicted molar refractivity (Wildman–Crippen MR) is 85.6 cm³/mol. The van der Waals surface area contributed by atoms with Crippen LogP contribution in [0.1, 0.15) is 5.56 Å². The highest BCUT2D eigenvalue weighted by Crippen LogP contribution is 2.28. The maximum Gasteiger partial charge on any atom is 0.243 e. The number of aryl methyl sites for hydroxylation is 1. The van der Waals surface area contributed by atoms with Crippen molar-refractivity contribution in [3.63, 3.8) is 0 Å². The number of rotatable bonds is 5. The first-order valence-electron chi connectivity index (χ1n) is 6.86. The van der Waals surface area contributed by atoms with Gasteiger partial charge in [0.2, 0.25) is 10.0 Å². The van der Waals surface area contributed by atoms with Crippen LogP contribution in [0.4, 0.5) is 0 Å². The molecule has 2 atom stereocenters. The Balaban J connectivity index is 2.50. The van der Waals surface area contributed by atoms with Gasteiger partial charge in [0.1, 0.15) is 0 Å². The average Bonchev–Trinajstić information content (AvgIpc) is 2.71. The summed E-state index contributed by atoms with van der Waals surface area (Å²) in [5, 5.41) is 19.4. The van der Waals surface area contributed by atoms with Crippen LogP contribution in [-0.2, 0) is 19.9 Å². The maximum absolute atomic E-state index is 12.9. The molecule has 0 bridgehead atoms. The summed E-state index contributed by atoms with van der Waals surface area (Å²) >= 11 is 5.86. The molecule has 23 heavy (non-hydrogen) atoms. The van der Waals surface area contributed by atoms with Crippen molar-refractivity contribution in [2.24, 2.45) is 0 Å². The molecule has 1 heterocycles. The summed E-state index contributed by atoms with van der Waals surface area (Å²) in [6.45, 7) is 0.774. The zero-order chi connectivity index (χ0) is 17.4. The van der Waals surface area contributed by atoms with Crippen molar-refractivity contribution in [3.05, 3.63) is 28.8 Å². The second-order valence-corrected chi connectivity index (χ2v) is 9.91. The quantitative estimate of drug-likeness (QED) is 0.727. The number of halogens is 1. The van der Waals surface area contributed by atoms with E-state index in [0.29, 0.717) is 5.56 Å². The standard InChI is InChI=1S/C13H18ClNO6S2/c1-9-2-3-10(14)6-13(9)23(20,21)15(4-5-16)11-7-22(18,19)8-12(11)17/h2-3,6,11-12,16-17H,4-5,7-8H2,1H3/t11-,12+/m1/s1. The number of hydrogen-bond donors (Lipinski definition) is 2. The molecule has 1 aromatic rings. The number of aliphatic hydroxyl groups excluding tert-OH is 2. The lowest BCUT2D eigenvalue weighted by atomic mass is 10.2. The second-order valence-electron chi connectivity index (χ2n) is 5.46. The van der Waals surface area contributed by atoms with Crippen LogP contribution in [0.25, 0.3) is 0 Å². The van der Waals surface area contributed by atoms with Crippen molar-refractivity contribution in [1.29, 1.82) is 0 Å². The molecule has 0 radical (unpaired) electrons. The smallest absolute Gasteiger partial charge is 0.243 e. The summed E-state index contributed by atoms with van der Waals surface area (Å²) < 4.78 is 50.0. The average molecular weight is 384 g/mol. The van der Waals surface area contributed by atoms with Crippen molar-refractivity contribution < 1.29 is 27.0 Å². The zero-order valence-corrected chi connectivity index (χ0v) is 14.8. The molecule has 0 amide bonds. The fraction of sp³-hybridized carbons (Fsp3) is 0.538. The maximum atomic E-state index is 12.9. The van der Waals surface area contributed by atoms with Crippen LogP contribution in [-0.4, -0.2) is 68.2 Å². The van der Waals surface area contributed by atoms with Gasteiger partial charge in [-0.3, -0.25) is 0 Å². The van der Waals surface area contributed by atoms with Crippen molar-refractivity contribution in [1.82, 2.24) is 4.31 Å². The first-order chi connectivity index (χ1) is 10.6. The number of benzene rings is 1. The van der Waals surface area contributed by atoms with E-state index in [-0.39, 0.29) is 16.5 Å². The Bertz CT molecular complexity index is 793. The predicted octanol–water partition coefficient (Wildman–Crippen LogP) is -0.211. The van der Waals surface area contributed by atoms with Crippen LogP contribution in [0.2, 0.25) is 5.02 Å². The molecule has 0 spiro atoms. The minimum Gasteiger partial charge on any atom is -0.395 e. The van der Waals surface area contributed by atoms with Crippen LogP contribution < -0.4 is 0 Å². The summed E-state index contributed by atoms with van der Waals surface area (Å²) in [5.74, 6) is -0.976. The molecule has 2 N–H and O–H groups in total. The van der Waals surface area contributed by atoms with Gasteiger partial charge in [-0.05, 0) is 24.6 Å². The van der Waals surface area contributed by atoms with Crippen LogP contribution in [0.3, 0.4) is 0 Å². The highest BCUT2D eigenvalue weighted by molar-refractivity contribution is 7.92. The lowest BCUT2D eigenvalue weighted by Crippen LogP contribution is -2.48. The molecule has 2 rings (SSSR count). The van der Waals surface area contributed by atoms with Gasteiger partial charge in [0, 0.05) is 11.6 Å². The van der Waals surface area contributed by atoms with Crippen LogP contribution in [0.15, 0.2) is 23.1 Å². The first-order valence-corrected chi connectivity index (χ1v) is 10.5. The molecular weight excluding hydrogens is 366 g/mol. The molecule has 0 aromatic heterocycles. The molecule has 1 aromatic carbocycles. The Kier molecular flexibility index (Phi) is 5.39. The largest absolute Gasteiger partial charge is 0.395 e. The number of sulfonamides is 1. The van der Waals surface area contributed by atoms with Gasteiger partial charge in [-0.15, -0.1) is 0 Å². The van der Waals surface area contributed by atoms with Gasteiger partial charge in [0.15, 0.2) is 9.84 Å². The van der Waals surface area contributed by atoms with Crippen molar-refractivity contribution in [3.8, 4) is 0 Å². The van der Waals surface area contributed by atoms with Gasteiger partial charge in [-0.1, -0.05) is 17.7 Å². The van der Waals surface area contributed by atoms with Gasteiger partial charge in [-0.25, -0.2) is 16.8 Å². The summed E-state index contributed by atoms with van der Waals surface area (Å²) in [4.78, 5) is -0.0741. The van der Waals surface area contributed by atoms with E-state index in [1.165, 1.54) is 12.1 Å². The summed E-state index contributed by atoms with van der Waals surface area (Å²) in [7, 11) is -7.65. The summed E-state index contributed by atoms with van der Waals surface area (Å²) in [6, 6.07) is 3.22. The second kappa shape index (κ2) is 6.66. The minimum absolute atomic E-state index is 0.0741. The van der Waals surface area contributed by atoms with Crippen molar-refractivity contribution in [2.75, 3.05) is 24.7 Å². The molecule has 1 aliphatic rings. The third-order valence-electron chi connectivity index (χ3n) is 3.72. The number of hydrogen-bond acceptors (Lipinski definition) is 6. The van der Waals surface area contributed by atoms with Gasteiger partial charge in [-0.2, -0.15) is 4.31 Å². The molecule has 0 unspecified atom stereocenters. The molecule has 0 saturated carbocycles. The normalized spacial score (nSPS) is 24.2. The minimum atomic E-state index is -4.12. The fourth-order valence-electron chi connectivity index (χ4n) is 2.63. The van der Waals surface area contributed by atoms with E-state index in [9.17, 15) is 27.0 Å². The third kappa shape index (κ3) is 3.86. The molecule has 1 saturated heterocycles. The Morgan fingerprint density at radius 2 is 2.00 bits per heavy atom. The van der Waals surface area contributed by atoms with E-state index in [1.807, 2.05) is 0 Å². The van der Waals surface area contributed by atoms with Gasteiger partial charge >= 0.3 is 0 Å². The number of nitrogens with zero attached hydrogens (tertiary/aromatic N) is 1. The highest BCUT2D eigenvalue weighted by atomic mass is 35.5. The molecule has 0 aliphatic carbocycles. The topological polar surface area (TPSA) is 112 Å². The van der Waals surface area contributed by atoms with Gasteiger partial charge in [0.25, 0.3) is 0 Å². The van der Waals surface area contributed by atoms with Gasteiger partial charge in [0.05, 0.1) is 35.2 Å². The van der Waals surface area contributed by atoms with E-state index in [4.69, 9.17) is 11.6 Å². The Hall–Kier alpha value is -0.710. The van der Waals surface area contributed by atoms with E-state index < -0.39 is 50.1 Å². The molecular formula is C13H18ClNO6S2. The van der Waals surface area contributed by atoms with E-state index in [2.05, 4.69) is 0 Å². The molecule has 7 nitrogen and oxygen atoms in total. The van der Waals surface area contributed by atoms with Crippen molar-refractivity contribution in [2.45, 2.75) is 24.0 Å². The van der Waals surface area contributed by atoms with Gasteiger partial charge < -0.3 is 10.2 Å². The lowest BCUT2D eigenvalue weighted by Gasteiger charge is -2.29. The van der Waals surface area contributed by atoms with Crippen LogP contribution in [0, 0.1) is 6.92 Å². The van der Waals surface area contributed by atoms with E-state index in [1.54, 1.807) is 13.0 Å². The van der Waals surface area contributed by atoms with E-state index in [0.717, 1.165) is 4.31 Å². The SMILES string of the molecule is Cc1ccc(Cl)cc1S(=O)(=O)N(CCO)[C@@H]1CS(=O)(=O)C[C@@H]1O. The Morgan fingerprint density at radius 1 is 1.35 bits per heavy atom. The molecule has 10 heteroatoms. The molecule has 1 fully saturated rings. The highest BCUT2D eigenvalue weighted by Gasteiger charge is 2.44. The lowest BCUT2D eigenvalue weighted by molar-refractivity contribution is 0.117. The third-order valence-corrected chi connectivity index (χ3v) is 7.72.